The Bertz CT molecular complexity index is 1820. The van der Waals surface area contributed by atoms with Gasteiger partial charge in [0.15, 0.2) is 16.6 Å². The highest BCUT2D eigenvalue weighted by Crippen LogP contribution is 2.41. The van der Waals surface area contributed by atoms with Crippen molar-refractivity contribution in [3.8, 4) is 11.6 Å². The minimum Gasteiger partial charge on any atom is -0.503 e. The van der Waals surface area contributed by atoms with Crippen LogP contribution in [0.3, 0.4) is 0 Å². The van der Waals surface area contributed by atoms with Crippen LogP contribution in [0, 0.1) is 0 Å². The van der Waals surface area contributed by atoms with Gasteiger partial charge in [0, 0.05) is 18.9 Å². The maximum atomic E-state index is 13.4. The van der Waals surface area contributed by atoms with E-state index in [-0.39, 0.29) is 33.1 Å². The highest BCUT2D eigenvalue weighted by Gasteiger charge is 2.65. The number of nitrogens with two attached hydrogens (primary N) is 1. The SMILES string of the molecule is Nc1nc(/C(=N/OC2(C(=O)O)CC2)C(=O)N[C@H]2CON(C3(C(=O)O)CC(N4C(=O)c5cc(O)c(O)nc5C4=O)C(=O)O3)C2=O)c(Cl)s1. The molecule has 4 amide bonds. The van der Waals surface area contributed by atoms with Crippen molar-refractivity contribution in [3.63, 3.8) is 0 Å². The van der Waals surface area contributed by atoms with Crippen LogP contribution in [-0.2, 0) is 38.4 Å². The molecule has 5 heterocycles. The minimum absolute atomic E-state index is 0.0801. The molecule has 2 saturated heterocycles. The molecule has 1 aliphatic carbocycles. The lowest BCUT2D eigenvalue weighted by Crippen LogP contribution is -2.57. The second kappa shape index (κ2) is 10.7. The van der Waals surface area contributed by atoms with Crippen LogP contribution in [0.4, 0.5) is 5.13 Å². The van der Waals surface area contributed by atoms with Crippen molar-refractivity contribution < 1.29 is 68.4 Å². The maximum absolute atomic E-state index is 13.4. The zero-order chi connectivity index (χ0) is 34.2. The number of imide groups is 1. The first kappa shape index (κ1) is 31.4. The predicted molar refractivity (Wildman–Crippen MR) is 146 cm³/mol. The molecule has 6 rings (SSSR count). The number of hydrogen-bond acceptors (Lipinski definition) is 17. The highest BCUT2D eigenvalue weighted by atomic mass is 35.5. The quantitative estimate of drug-likeness (QED) is 0.0727. The summed E-state index contributed by atoms with van der Waals surface area (Å²) in [6, 6.07) is -2.88. The van der Waals surface area contributed by atoms with Crippen LogP contribution in [0.5, 0.6) is 11.6 Å². The predicted octanol–water partition coefficient (Wildman–Crippen LogP) is -1.83. The number of carboxylic acid groups (broad SMARTS) is 2. The first-order valence-corrected chi connectivity index (χ1v) is 14.3. The van der Waals surface area contributed by atoms with Gasteiger partial charge in [-0.1, -0.05) is 28.1 Å². The number of carboxylic acids is 2. The van der Waals surface area contributed by atoms with Crippen LogP contribution in [0.25, 0.3) is 0 Å². The van der Waals surface area contributed by atoms with Gasteiger partial charge in [0.1, 0.15) is 34.4 Å². The zero-order valence-corrected chi connectivity index (χ0v) is 24.6. The van der Waals surface area contributed by atoms with Crippen molar-refractivity contribution in [2.45, 2.75) is 42.7 Å². The van der Waals surface area contributed by atoms with E-state index in [4.69, 9.17) is 31.7 Å². The largest absolute Gasteiger partial charge is 0.503 e. The number of halogens is 1. The first-order chi connectivity index (χ1) is 22.1. The molecule has 21 nitrogen and oxygen atoms in total. The van der Waals surface area contributed by atoms with Gasteiger partial charge in [0.25, 0.3) is 29.5 Å². The number of cyclic esters (lactones) is 1. The standard InChI is InChI=1S/C24H18ClN7O14S/c25-13-11(29-22(26)47-13)12(30-46-23(1-2-23)20(40)41)15(35)27-7-5-44-32(17(7)37)24(21(42)43)4-8(19(39)45-24)31-16(36)6-3-9(33)14(34)28-10(6)18(31)38/h3,7-8,33H,1-2,4-5H2,(H2,26,29)(H,27,35)(H,28,34)(H,40,41)(H,42,43)/b30-12-/t7-,8?,24?/m0/s1. The topological polar surface area (TPSA) is 311 Å². The van der Waals surface area contributed by atoms with Crippen molar-refractivity contribution >= 4 is 75.3 Å². The molecular weight excluding hydrogens is 678 g/mol. The highest BCUT2D eigenvalue weighted by molar-refractivity contribution is 7.19. The Morgan fingerprint density at radius 1 is 1.13 bits per heavy atom. The van der Waals surface area contributed by atoms with Crippen LogP contribution >= 0.6 is 22.9 Å². The molecule has 2 aromatic heterocycles. The number of aromatic hydroxyl groups is 2. The summed E-state index contributed by atoms with van der Waals surface area (Å²) in [6.45, 7) is -0.725. The molecule has 3 fully saturated rings. The van der Waals surface area contributed by atoms with Gasteiger partial charge in [-0.3, -0.25) is 28.9 Å². The summed E-state index contributed by atoms with van der Waals surface area (Å²) in [5, 5.41) is 44.8. The monoisotopic (exact) mass is 695 g/mol. The lowest BCUT2D eigenvalue weighted by atomic mass is 10.0. The number of carbonyl (C=O) groups excluding carboxylic acids is 5. The van der Waals surface area contributed by atoms with Crippen LogP contribution in [0.1, 0.15) is 45.8 Å². The van der Waals surface area contributed by atoms with Crippen LogP contribution in [-0.4, -0.2) is 118 Å². The summed E-state index contributed by atoms with van der Waals surface area (Å²) < 4.78 is 4.91. The van der Waals surface area contributed by atoms with Crippen LogP contribution < -0.4 is 11.1 Å². The van der Waals surface area contributed by atoms with Gasteiger partial charge in [-0.2, -0.15) is 5.06 Å². The Morgan fingerprint density at radius 2 is 1.83 bits per heavy atom. The number of pyridine rings is 1. The number of oxime groups is 1. The average Bonchev–Trinajstić information content (AvgIpc) is 3.35. The van der Waals surface area contributed by atoms with E-state index in [2.05, 4.69) is 20.4 Å². The summed E-state index contributed by atoms with van der Waals surface area (Å²) in [5.41, 5.74) is -1.13. The number of fused-ring (bicyclic) bond motifs is 1. The summed E-state index contributed by atoms with van der Waals surface area (Å²) in [5.74, 6) is -11.4. The molecular formula is C24H18ClN7O14S. The summed E-state index contributed by atoms with van der Waals surface area (Å²) in [4.78, 5) is 108. The number of aromatic nitrogens is 2. The van der Waals surface area contributed by atoms with Crippen molar-refractivity contribution in [2.24, 2.45) is 5.16 Å². The number of esters is 1. The second-order valence-electron chi connectivity index (χ2n) is 10.4. The van der Waals surface area contributed by atoms with Gasteiger partial charge in [0.2, 0.25) is 5.60 Å². The van der Waals surface area contributed by atoms with E-state index in [1.54, 1.807) is 0 Å². The van der Waals surface area contributed by atoms with E-state index in [1.807, 2.05) is 0 Å². The van der Waals surface area contributed by atoms with E-state index in [0.29, 0.717) is 4.90 Å². The first-order valence-electron chi connectivity index (χ1n) is 13.1. The van der Waals surface area contributed by atoms with Gasteiger partial charge in [0.05, 0.1) is 12.0 Å². The van der Waals surface area contributed by atoms with Crippen LogP contribution in [0.15, 0.2) is 11.2 Å². The lowest BCUT2D eigenvalue weighted by Gasteiger charge is -2.30. The number of nitrogens with one attached hydrogen (secondary N) is 1. The van der Waals surface area contributed by atoms with E-state index in [0.717, 1.165) is 17.4 Å². The number of carbonyl (C=O) groups is 7. The molecule has 0 spiro atoms. The van der Waals surface area contributed by atoms with Crippen molar-refractivity contribution in [1.82, 2.24) is 25.2 Å². The molecule has 0 bridgehead atoms. The summed E-state index contributed by atoms with van der Waals surface area (Å²) in [6.07, 6.45) is -0.879. The fourth-order valence-corrected chi connectivity index (χ4v) is 5.81. The fraction of sp³-hybridized carbons (Fsp3) is 0.333. The minimum atomic E-state index is -2.95. The molecule has 1 saturated carbocycles. The maximum Gasteiger partial charge on any atom is 0.372 e. The molecule has 2 aromatic rings. The van der Waals surface area contributed by atoms with Gasteiger partial charge in [-0.25, -0.2) is 24.4 Å². The Hall–Kier alpha value is -5.61. The average molecular weight is 696 g/mol. The molecule has 0 aromatic carbocycles. The Kier molecular flexibility index (Phi) is 7.17. The number of aliphatic carboxylic acids is 2. The third-order valence-electron chi connectivity index (χ3n) is 7.46. The van der Waals surface area contributed by atoms with Gasteiger partial charge in [-0.15, -0.1) is 0 Å². The van der Waals surface area contributed by atoms with Crippen molar-refractivity contribution in [2.75, 3.05) is 12.3 Å². The van der Waals surface area contributed by atoms with E-state index < -0.39 is 107 Å². The molecule has 0 radical (unpaired) electrons. The van der Waals surface area contributed by atoms with Gasteiger partial charge in [-0.05, 0) is 0 Å². The number of amides is 4. The number of anilines is 1. The smallest absolute Gasteiger partial charge is 0.372 e. The number of thiazole rings is 1. The number of nitrogen functional groups attached to an aromatic ring is 1. The van der Waals surface area contributed by atoms with Gasteiger partial charge < -0.3 is 41.1 Å². The molecule has 3 atom stereocenters. The Balaban J connectivity index is 1.23. The molecule has 23 heteroatoms. The molecule has 47 heavy (non-hydrogen) atoms. The summed E-state index contributed by atoms with van der Waals surface area (Å²) >= 11 is 6.86. The fourth-order valence-electron chi connectivity index (χ4n) is 4.88. The molecule has 2 unspecified atom stereocenters. The Labute approximate surface area is 268 Å². The molecule has 7 N–H and O–H groups in total. The van der Waals surface area contributed by atoms with E-state index in [1.165, 1.54) is 0 Å². The lowest BCUT2D eigenvalue weighted by molar-refractivity contribution is -0.256. The van der Waals surface area contributed by atoms with Crippen molar-refractivity contribution in [3.05, 3.63) is 27.4 Å². The molecule has 246 valence electrons. The van der Waals surface area contributed by atoms with Crippen molar-refractivity contribution in [1.29, 1.82) is 0 Å². The Morgan fingerprint density at radius 3 is 2.43 bits per heavy atom. The normalized spacial score (nSPS) is 24.7. The van der Waals surface area contributed by atoms with E-state index in [9.17, 15) is 54.0 Å². The third-order valence-corrected chi connectivity index (χ3v) is 8.54. The number of hydroxylamine groups is 2. The van der Waals surface area contributed by atoms with E-state index >= 15 is 0 Å². The third kappa shape index (κ3) is 4.88. The van der Waals surface area contributed by atoms with Crippen LogP contribution in [0.2, 0.25) is 4.34 Å². The molecule has 3 aliphatic heterocycles. The molecule has 4 aliphatic rings. The number of rotatable bonds is 9. The number of hydrogen-bond donors (Lipinski definition) is 6. The number of ether oxygens (including phenoxy) is 1. The zero-order valence-electron chi connectivity index (χ0n) is 23.0. The van der Waals surface area contributed by atoms with Gasteiger partial charge >= 0.3 is 23.6 Å². The second-order valence-corrected chi connectivity index (χ2v) is 12.0. The number of nitrogens with zero attached hydrogens (tertiary/aromatic N) is 5. The summed E-state index contributed by atoms with van der Waals surface area (Å²) in [7, 11) is 0.